The maximum absolute atomic E-state index is 12.8. The molecule has 0 aliphatic heterocycles. The molecule has 1 heterocycles. The number of aromatic amines is 1. The van der Waals surface area contributed by atoms with Gasteiger partial charge in [0.25, 0.3) is 0 Å². The summed E-state index contributed by atoms with van der Waals surface area (Å²) in [5, 5.41) is -0.597. The molecule has 7 heteroatoms. The molecule has 1 aromatic heterocycles. The summed E-state index contributed by atoms with van der Waals surface area (Å²) in [5.41, 5.74) is 1.26. The average Bonchev–Trinajstić information content (AvgIpc) is 2.80. The largest absolute Gasteiger partial charge is 0.416 e. The van der Waals surface area contributed by atoms with Gasteiger partial charge in [0, 0.05) is 16.2 Å². The van der Waals surface area contributed by atoms with E-state index in [0.717, 1.165) is 23.9 Å². The Hall–Kier alpha value is -2.02. The van der Waals surface area contributed by atoms with Crippen LogP contribution >= 0.6 is 11.8 Å². The number of rotatable bonds is 5. The first-order valence-electron chi connectivity index (χ1n) is 7.60. The third-order valence-electron chi connectivity index (χ3n) is 3.88. The predicted molar refractivity (Wildman–Crippen MR) is 91.4 cm³/mol. The van der Waals surface area contributed by atoms with Crippen molar-refractivity contribution in [2.24, 2.45) is 0 Å². The van der Waals surface area contributed by atoms with E-state index in [1.165, 1.54) is 19.1 Å². The lowest BCUT2D eigenvalue weighted by atomic mass is 10.0. The zero-order valence-electron chi connectivity index (χ0n) is 14.2. The van der Waals surface area contributed by atoms with E-state index in [0.29, 0.717) is 27.4 Å². The minimum Gasteiger partial charge on any atom is -0.355 e. The van der Waals surface area contributed by atoms with Crippen LogP contribution in [0.3, 0.4) is 0 Å². The van der Waals surface area contributed by atoms with Crippen molar-refractivity contribution in [2.45, 2.75) is 44.0 Å². The molecule has 0 bridgehead atoms. The van der Waals surface area contributed by atoms with Gasteiger partial charge in [0.15, 0.2) is 11.6 Å². The van der Waals surface area contributed by atoms with Crippen LogP contribution in [0.5, 0.6) is 0 Å². The van der Waals surface area contributed by atoms with Gasteiger partial charge in [-0.05, 0) is 51.5 Å². The van der Waals surface area contributed by atoms with Crippen LogP contribution in [0.25, 0.3) is 0 Å². The van der Waals surface area contributed by atoms with Gasteiger partial charge in [0.2, 0.25) is 0 Å². The van der Waals surface area contributed by atoms with Crippen molar-refractivity contribution >= 4 is 23.3 Å². The normalized spacial score (nSPS) is 12.9. The zero-order valence-corrected chi connectivity index (χ0v) is 15.1. The molecule has 0 aliphatic carbocycles. The van der Waals surface area contributed by atoms with Gasteiger partial charge >= 0.3 is 6.18 Å². The number of thioether (sulfide) groups is 1. The quantitative estimate of drug-likeness (QED) is 0.581. The van der Waals surface area contributed by atoms with E-state index in [1.54, 1.807) is 20.8 Å². The molecule has 0 fully saturated rings. The van der Waals surface area contributed by atoms with E-state index in [1.807, 2.05) is 0 Å². The second kappa shape index (κ2) is 7.07. The predicted octanol–water partition coefficient (Wildman–Crippen LogP) is 5.22. The van der Waals surface area contributed by atoms with Crippen molar-refractivity contribution in [1.82, 2.24) is 4.98 Å². The van der Waals surface area contributed by atoms with Crippen molar-refractivity contribution in [2.75, 3.05) is 0 Å². The summed E-state index contributed by atoms with van der Waals surface area (Å²) >= 11 is 1.05. The molecule has 0 radical (unpaired) electrons. The van der Waals surface area contributed by atoms with E-state index < -0.39 is 17.0 Å². The zero-order chi connectivity index (χ0) is 18.9. The minimum atomic E-state index is -4.42. The van der Waals surface area contributed by atoms with Crippen LogP contribution in [0.15, 0.2) is 29.2 Å². The van der Waals surface area contributed by atoms with Crippen LogP contribution in [-0.4, -0.2) is 21.8 Å². The molecule has 25 heavy (non-hydrogen) atoms. The lowest BCUT2D eigenvalue weighted by Gasteiger charge is -2.12. The fraction of sp³-hybridized carbons (Fsp3) is 0.333. The molecule has 2 aromatic rings. The van der Waals surface area contributed by atoms with Crippen LogP contribution in [0.1, 0.15) is 51.5 Å². The van der Waals surface area contributed by atoms with Gasteiger partial charge in [0.1, 0.15) is 0 Å². The summed E-state index contributed by atoms with van der Waals surface area (Å²) in [6.07, 6.45) is -4.42. The second-order valence-corrected chi connectivity index (χ2v) is 7.25. The number of hydrogen-bond donors (Lipinski definition) is 1. The molecule has 1 atom stereocenters. The van der Waals surface area contributed by atoms with Gasteiger partial charge in [-0.1, -0.05) is 6.07 Å². The van der Waals surface area contributed by atoms with Gasteiger partial charge < -0.3 is 4.98 Å². The van der Waals surface area contributed by atoms with Crippen LogP contribution in [0, 0.1) is 13.8 Å². The first kappa shape index (κ1) is 19.3. The maximum atomic E-state index is 12.8. The van der Waals surface area contributed by atoms with E-state index >= 15 is 0 Å². The first-order valence-corrected chi connectivity index (χ1v) is 8.48. The number of alkyl halides is 3. The van der Waals surface area contributed by atoms with E-state index in [9.17, 15) is 22.8 Å². The Morgan fingerprint density at radius 2 is 1.84 bits per heavy atom. The monoisotopic (exact) mass is 369 g/mol. The van der Waals surface area contributed by atoms with Crippen molar-refractivity contribution in [3.63, 3.8) is 0 Å². The molecule has 1 N–H and O–H groups in total. The molecule has 0 saturated heterocycles. The number of hydrogen-bond acceptors (Lipinski definition) is 3. The minimum absolute atomic E-state index is 0.136. The van der Waals surface area contributed by atoms with E-state index in [2.05, 4.69) is 4.98 Å². The fourth-order valence-corrected chi connectivity index (χ4v) is 3.72. The molecular formula is C18H18F3NO2S. The van der Waals surface area contributed by atoms with Crippen LogP contribution < -0.4 is 0 Å². The highest BCUT2D eigenvalue weighted by atomic mass is 32.2. The molecule has 0 aliphatic rings. The Kier molecular flexibility index (Phi) is 5.46. The van der Waals surface area contributed by atoms with Gasteiger partial charge in [-0.25, -0.2) is 0 Å². The SMILES string of the molecule is CC(=O)c1c(C)[nH]c(C(=O)[C@@H](C)Sc2cccc(C(F)(F)F)c2)c1C. The van der Waals surface area contributed by atoms with Crippen LogP contribution in [0.2, 0.25) is 0 Å². The number of carbonyl (C=O) groups is 2. The summed E-state index contributed by atoms with van der Waals surface area (Å²) in [7, 11) is 0. The molecule has 0 saturated carbocycles. The van der Waals surface area contributed by atoms with Gasteiger partial charge in [-0.3, -0.25) is 9.59 Å². The van der Waals surface area contributed by atoms with E-state index in [4.69, 9.17) is 0 Å². The Morgan fingerprint density at radius 3 is 2.36 bits per heavy atom. The summed E-state index contributed by atoms with van der Waals surface area (Å²) < 4.78 is 38.4. The van der Waals surface area contributed by atoms with Gasteiger partial charge in [-0.15, -0.1) is 11.8 Å². The smallest absolute Gasteiger partial charge is 0.355 e. The van der Waals surface area contributed by atoms with Gasteiger partial charge in [-0.2, -0.15) is 13.2 Å². The van der Waals surface area contributed by atoms with Crippen molar-refractivity contribution in [1.29, 1.82) is 0 Å². The Labute approximate surface area is 148 Å². The number of Topliss-reactive ketones (excluding diaryl/α,β-unsaturated/α-hetero) is 2. The number of nitrogens with one attached hydrogen (secondary N) is 1. The Balaban J connectivity index is 2.25. The number of ketones is 2. The number of benzene rings is 1. The topological polar surface area (TPSA) is 49.9 Å². The van der Waals surface area contributed by atoms with Crippen molar-refractivity contribution < 1.29 is 22.8 Å². The Morgan fingerprint density at radius 1 is 1.20 bits per heavy atom. The fourth-order valence-electron chi connectivity index (χ4n) is 2.73. The van der Waals surface area contributed by atoms with E-state index in [-0.39, 0.29) is 11.6 Å². The standard InChI is InChI=1S/C18H18F3NO2S/c1-9-15(11(3)23)10(2)22-16(9)17(24)12(4)25-14-7-5-6-13(8-14)18(19,20)21/h5-8,12,22H,1-4H3/t12-/m1/s1. The number of H-pyrrole nitrogens is 1. The maximum Gasteiger partial charge on any atom is 0.416 e. The highest BCUT2D eigenvalue weighted by Gasteiger charge is 2.31. The summed E-state index contributed by atoms with van der Waals surface area (Å²) in [6, 6.07) is 4.88. The number of aryl methyl sites for hydroxylation is 1. The number of aromatic nitrogens is 1. The second-order valence-electron chi connectivity index (χ2n) is 5.83. The molecule has 0 amide bonds. The lowest BCUT2D eigenvalue weighted by molar-refractivity contribution is -0.137. The highest BCUT2D eigenvalue weighted by molar-refractivity contribution is 8.00. The van der Waals surface area contributed by atoms with Gasteiger partial charge in [0.05, 0.1) is 16.5 Å². The van der Waals surface area contributed by atoms with Crippen molar-refractivity contribution in [3.8, 4) is 0 Å². The third kappa shape index (κ3) is 4.15. The lowest BCUT2D eigenvalue weighted by Crippen LogP contribution is -2.15. The Bertz CT molecular complexity index is 824. The average molecular weight is 369 g/mol. The molecule has 0 unspecified atom stereocenters. The number of carbonyl (C=O) groups excluding carboxylic acids is 2. The molecule has 134 valence electrons. The van der Waals surface area contributed by atoms with Crippen LogP contribution in [-0.2, 0) is 6.18 Å². The van der Waals surface area contributed by atoms with Crippen molar-refractivity contribution in [3.05, 3.63) is 52.3 Å². The first-order chi connectivity index (χ1) is 11.5. The molecule has 1 aromatic carbocycles. The molecular weight excluding hydrogens is 351 g/mol. The summed E-state index contributed by atoms with van der Waals surface area (Å²) in [6.45, 7) is 6.47. The molecule has 3 nitrogen and oxygen atoms in total. The molecule has 2 rings (SSSR count). The third-order valence-corrected chi connectivity index (χ3v) is 4.97. The summed E-state index contributed by atoms with van der Waals surface area (Å²) in [4.78, 5) is 27.6. The van der Waals surface area contributed by atoms with Crippen LogP contribution in [0.4, 0.5) is 13.2 Å². The highest BCUT2D eigenvalue weighted by Crippen LogP contribution is 2.34. The summed E-state index contributed by atoms with van der Waals surface area (Å²) in [5.74, 6) is -0.390. The number of halogens is 3. The molecule has 0 spiro atoms.